The average Bonchev–Trinajstić information content (AvgIpc) is 3.32. The summed E-state index contributed by atoms with van der Waals surface area (Å²) in [5.74, 6) is 1.41. The van der Waals surface area contributed by atoms with E-state index in [0.717, 1.165) is 38.7 Å². The minimum atomic E-state index is -0.707. The van der Waals surface area contributed by atoms with Gasteiger partial charge in [0.25, 0.3) is 0 Å². The topological polar surface area (TPSA) is 64.2 Å². The number of hydrogen-bond acceptors (Lipinski definition) is 5. The van der Waals surface area contributed by atoms with Gasteiger partial charge in [-0.1, -0.05) is 0 Å². The van der Waals surface area contributed by atoms with E-state index in [1.165, 1.54) is 5.00 Å². The number of aliphatic hydroxyl groups is 1. The first-order chi connectivity index (χ1) is 11.8. The second-order valence-electron chi connectivity index (χ2n) is 5.65. The first-order valence-corrected chi connectivity index (χ1v) is 9.19. The molecule has 1 aliphatic heterocycles. The summed E-state index contributed by atoms with van der Waals surface area (Å²) in [7, 11) is 0. The van der Waals surface area contributed by atoms with E-state index in [1.54, 1.807) is 29.7 Å². The Kier molecular flexibility index (Phi) is 5.77. The second-order valence-corrected chi connectivity index (χ2v) is 6.58. The number of guanidine groups is 1. The average molecular weight is 348 g/mol. The van der Waals surface area contributed by atoms with Crippen molar-refractivity contribution in [3.63, 3.8) is 0 Å². The predicted molar refractivity (Wildman–Crippen MR) is 97.8 cm³/mol. The lowest BCUT2D eigenvalue weighted by Gasteiger charge is -2.37. The molecule has 0 saturated carbocycles. The zero-order chi connectivity index (χ0) is 16.8. The number of anilines is 1. The SMILES string of the molecule is CCNC(=NCC(O)c1ccco1)N1CCN(c2cccs2)CC1. The normalized spacial score (nSPS) is 17.2. The minimum absolute atomic E-state index is 0.293. The van der Waals surface area contributed by atoms with Gasteiger partial charge in [0.15, 0.2) is 5.96 Å². The number of piperazine rings is 1. The van der Waals surface area contributed by atoms with Gasteiger partial charge in [-0.2, -0.15) is 0 Å². The Balaban J connectivity index is 1.58. The summed E-state index contributed by atoms with van der Waals surface area (Å²) in [6.45, 7) is 6.95. The van der Waals surface area contributed by atoms with Gasteiger partial charge in [-0.05, 0) is 36.6 Å². The summed E-state index contributed by atoms with van der Waals surface area (Å²) in [5, 5.41) is 16.9. The molecule has 1 atom stereocenters. The molecule has 130 valence electrons. The minimum Gasteiger partial charge on any atom is -0.467 e. The van der Waals surface area contributed by atoms with E-state index in [0.29, 0.717) is 12.3 Å². The highest BCUT2D eigenvalue weighted by Gasteiger charge is 2.20. The highest BCUT2D eigenvalue weighted by atomic mass is 32.1. The quantitative estimate of drug-likeness (QED) is 0.640. The van der Waals surface area contributed by atoms with Gasteiger partial charge >= 0.3 is 0 Å². The highest BCUT2D eigenvalue weighted by Crippen LogP contribution is 2.22. The first kappa shape index (κ1) is 16.9. The van der Waals surface area contributed by atoms with Crippen LogP contribution in [0.15, 0.2) is 45.3 Å². The van der Waals surface area contributed by atoms with Gasteiger partial charge in [0.1, 0.15) is 11.9 Å². The van der Waals surface area contributed by atoms with Crippen molar-refractivity contribution in [3.05, 3.63) is 41.7 Å². The Morgan fingerprint density at radius 3 is 2.79 bits per heavy atom. The Labute approximate surface area is 146 Å². The van der Waals surface area contributed by atoms with E-state index in [9.17, 15) is 5.11 Å². The standard InChI is InChI=1S/C17H24N4O2S/c1-2-18-17(19-13-14(22)15-5-3-11-23-15)21-9-7-20(8-10-21)16-6-4-12-24-16/h3-6,11-12,14,22H,2,7-10,13H2,1H3,(H,18,19). The maximum atomic E-state index is 10.1. The fraction of sp³-hybridized carbons (Fsp3) is 0.471. The van der Waals surface area contributed by atoms with Gasteiger partial charge < -0.3 is 24.6 Å². The maximum absolute atomic E-state index is 10.1. The fourth-order valence-corrected chi connectivity index (χ4v) is 3.54. The van der Waals surface area contributed by atoms with Crippen LogP contribution < -0.4 is 10.2 Å². The zero-order valence-electron chi connectivity index (χ0n) is 13.9. The van der Waals surface area contributed by atoms with E-state index in [1.807, 2.05) is 0 Å². The van der Waals surface area contributed by atoms with E-state index in [4.69, 9.17) is 4.42 Å². The van der Waals surface area contributed by atoms with Crippen LogP contribution in [0.5, 0.6) is 0 Å². The Hall–Kier alpha value is -1.99. The van der Waals surface area contributed by atoms with Crippen molar-refractivity contribution in [3.8, 4) is 0 Å². The third kappa shape index (κ3) is 4.10. The summed E-state index contributed by atoms with van der Waals surface area (Å²) in [6, 6.07) is 7.80. The molecule has 1 fully saturated rings. The van der Waals surface area contributed by atoms with Crippen LogP contribution in [0.2, 0.25) is 0 Å². The third-order valence-corrected chi connectivity index (χ3v) is 4.95. The molecule has 2 aromatic rings. The van der Waals surface area contributed by atoms with E-state index >= 15 is 0 Å². The van der Waals surface area contributed by atoms with Gasteiger partial charge in [0, 0.05) is 32.7 Å². The second kappa shape index (κ2) is 8.21. The third-order valence-electron chi connectivity index (χ3n) is 4.02. The smallest absolute Gasteiger partial charge is 0.194 e. The first-order valence-electron chi connectivity index (χ1n) is 8.31. The number of nitrogens with zero attached hydrogens (tertiary/aromatic N) is 3. The number of aliphatic imine (C=N–C) groups is 1. The van der Waals surface area contributed by atoms with E-state index in [-0.39, 0.29) is 0 Å². The molecule has 0 radical (unpaired) electrons. The van der Waals surface area contributed by atoms with Crippen LogP contribution in [0, 0.1) is 0 Å². The van der Waals surface area contributed by atoms with Crippen molar-refractivity contribution in [2.24, 2.45) is 4.99 Å². The highest BCUT2D eigenvalue weighted by molar-refractivity contribution is 7.14. The van der Waals surface area contributed by atoms with Crippen molar-refractivity contribution in [1.82, 2.24) is 10.2 Å². The monoisotopic (exact) mass is 348 g/mol. The summed E-state index contributed by atoms with van der Waals surface area (Å²) in [5.41, 5.74) is 0. The molecule has 0 aromatic carbocycles. The van der Waals surface area contributed by atoms with Crippen LogP contribution in [-0.2, 0) is 0 Å². The molecule has 0 bridgehead atoms. The molecule has 0 spiro atoms. The molecule has 2 N–H and O–H groups in total. The van der Waals surface area contributed by atoms with Crippen molar-refractivity contribution >= 4 is 22.3 Å². The Morgan fingerprint density at radius 1 is 1.33 bits per heavy atom. The van der Waals surface area contributed by atoms with Gasteiger partial charge in [-0.25, -0.2) is 4.99 Å². The molecule has 2 aromatic heterocycles. The number of aliphatic hydroxyl groups excluding tert-OH is 1. The molecule has 1 saturated heterocycles. The van der Waals surface area contributed by atoms with Crippen molar-refractivity contribution < 1.29 is 9.52 Å². The van der Waals surface area contributed by atoms with Crippen molar-refractivity contribution in [2.75, 3.05) is 44.2 Å². The van der Waals surface area contributed by atoms with Gasteiger partial charge in [0.05, 0.1) is 17.8 Å². The summed E-state index contributed by atoms with van der Waals surface area (Å²) in [6.07, 6.45) is 0.859. The molecule has 3 heterocycles. The van der Waals surface area contributed by atoms with Crippen molar-refractivity contribution in [2.45, 2.75) is 13.0 Å². The van der Waals surface area contributed by atoms with Crippen LogP contribution >= 0.6 is 11.3 Å². The maximum Gasteiger partial charge on any atom is 0.194 e. The fourth-order valence-electron chi connectivity index (χ4n) is 2.76. The molecule has 1 aliphatic rings. The number of furan rings is 1. The summed E-state index contributed by atoms with van der Waals surface area (Å²) >= 11 is 1.78. The van der Waals surface area contributed by atoms with Crippen LogP contribution in [0.1, 0.15) is 18.8 Å². The van der Waals surface area contributed by atoms with Crippen LogP contribution in [0.3, 0.4) is 0 Å². The molecule has 0 aliphatic carbocycles. The van der Waals surface area contributed by atoms with Crippen LogP contribution in [0.25, 0.3) is 0 Å². The van der Waals surface area contributed by atoms with Gasteiger partial charge in [-0.15, -0.1) is 11.3 Å². The van der Waals surface area contributed by atoms with Crippen LogP contribution in [-0.4, -0.2) is 55.2 Å². The zero-order valence-corrected chi connectivity index (χ0v) is 14.7. The molecule has 24 heavy (non-hydrogen) atoms. The molecule has 3 rings (SSSR count). The van der Waals surface area contributed by atoms with Gasteiger partial charge in [0.2, 0.25) is 0 Å². The Morgan fingerprint density at radius 2 is 2.17 bits per heavy atom. The molecular weight excluding hydrogens is 324 g/mol. The van der Waals surface area contributed by atoms with E-state index in [2.05, 4.69) is 44.5 Å². The lowest BCUT2D eigenvalue weighted by atomic mass is 10.3. The summed E-state index contributed by atoms with van der Waals surface area (Å²) < 4.78 is 5.23. The summed E-state index contributed by atoms with van der Waals surface area (Å²) in [4.78, 5) is 9.24. The number of nitrogens with one attached hydrogen (secondary N) is 1. The lowest BCUT2D eigenvalue weighted by Crippen LogP contribution is -2.52. The number of rotatable bonds is 5. The molecule has 0 amide bonds. The molecule has 1 unspecified atom stereocenters. The molecule has 6 nitrogen and oxygen atoms in total. The largest absolute Gasteiger partial charge is 0.467 e. The number of thiophene rings is 1. The van der Waals surface area contributed by atoms with Gasteiger partial charge in [-0.3, -0.25) is 0 Å². The Bertz CT molecular complexity index is 619. The predicted octanol–water partition coefficient (Wildman–Crippen LogP) is 2.16. The lowest BCUT2D eigenvalue weighted by molar-refractivity contribution is 0.158. The van der Waals surface area contributed by atoms with Crippen LogP contribution in [0.4, 0.5) is 5.00 Å². The molecule has 7 heteroatoms. The molecular formula is C17H24N4O2S. The van der Waals surface area contributed by atoms with Crippen molar-refractivity contribution in [1.29, 1.82) is 0 Å². The van der Waals surface area contributed by atoms with E-state index < -0.39 is 6.10 Å². The number of hydrogen-bond donors (Lipinski definition) is 2.